The molecule has 28 heavy (non-hydrogen) atoms. The molecule has 2 atom stereocenters. The van der Waals surface area contributed by atoms with Gasteiger partial charge in [0.25, 0.3) is 0 Å². The van der Waals surface area contributed by atoms with E-state index in [4.69, 9.17) is 9.47 Å². The summed E-state index contributed by atoms with van der Waals surface area (Å²) < 4.78 is 11.1. The average Bonchev–Trinajstić information content (AvgIpc) is 2.70. The maximum Gasteiger partial charge on any atom is 0.191 e. The number of aliphatic imine (C=N–C) groups is 1. The maximum atomic E-state index is 10.4. The number of methoxy groups -OCH3 is 1. The summed E-state index contributed by atoms with van der Waals surface area (Å²) in [4.78, 5) is 4.48. The van der Waals surface area contributed by atoms with Crippen molar-refractivity contribution < 1.29 is 14.6 Å². The van der Waals surface area contributed by atoms with Crippen LogP contribution < -0.4 is 20.1 Å². The van der Waals surface area contributed by atoms with Crippen LogP contribution in [-0.2, 0) is 0 Å². The zero-order valence-corrected chi connectivity index (χ0v) is 17.1. The lowest BCUT2D eigenvalue weighted by Gasteiger charge is -2.18. The molecule has 0 aliphatic heterocycles. The topological polar surface area (TPSA) is 75.1 Å². The molecule has 0 saturated heterocycles. The number of hydrogen-bond donors (Lipinski definition) is 3. The Morgan fingerprint density at radius 3 is 2.50 bits per heavy atom. The Kier molecular flexibility index (Phi) is 8.62. The summed E-state index contributed by atoms with van der Waals surface area (Å²) in [6.07, 6.45) is -0.709. The summed E-state index contributed by atoms with van der Waals surface area (Å²) in [5.41, 5.74) is 1.97. The van der Waals surface area contributed by atoms with Crippen LogP contribution in [0.4, 0.5) is 0 Å². The van der Waals surface area contributed by atoms with E-state index in [0.717, 1.165) is 23.6 Å². The lowest BCUT2D eigenvalue weighted by molar-refractivity contribution is 0.187. The van der Waals surface area contributed by atoms with Crippen LogP contribution in [0.3, 0.4) is 0 Å². The molecule has 2 aromatic carbocycles. The largest absolute Gasteiger partial charge is 0.497 e. The molecule has 2 aromatic rings. The minimum absolute atomic E-state index is 0.0304. The van der Waals surface area contributed by atoms with Gasteiger partial charge in [-0.25, -0.2) is 0 Å². The van der Waals surface area contributed by atoms with E-state index >= 15 is 0 Å². The van der Waals surface area contributed by atoms with Gasteiger partial charge in [0.2, 0.25) is 0 Å². The Morgan fingerprint density at radius 1 is 1.11 bits per heavy atom. The summed E-state index contributed by atoms with van der Waals surface area (Å²) in [7, 11) is 1.62. The number of aliphatic hydroxyl groups excluding tert-OH is 1. The molecule has 6 heteroatoms. The first-order chi connectivity index (χ1) is 13.5. The summed E-state index contributed by atoms with van der Waals surface area (Å²) >= 11 is 0. The summed E-state index contributed by atoms with van der Waals surface area (Å²) in [6, 6.07) is 15.3. The van der Waals surface area contributed by atoms with Gasteiger partial charge in [0, 0.05) is 6.54 Å². The highest BCUT2D eigenvalue weighted by atomic mass is 16.5. The standard InChI is InChI=1S/C22H31N3O3/c1-5-23-22(24-14-17(3)28-20-8-6-7-16(2)13-20)25-15-21(26)18-9-11-19(27-4)12-10-18/h6-13,17,21,26H,5,14-15H2,1-4H3,(H2,23,24,25). The number of aliphatic hydroxyl groups is 1. The molecular weight excluding hydrogens is 354 g/mol. The van der Waals surface area contributed by atoms with Gasteiger partial charge in [0.15, 0.2) is 5.96 Å². The Bertz CT molecular complexity index is 747. The lowest BCUT2D eigenvalue weighted by Crippen LogP contribution is -2.42. The van der Waals surface area contributed by atoms with E-state index in [2.05, 4.69) is 15.6 Å². The number of aryl methyl sites for hydroxylation is 1. The quantitative estimate of drug-likeness (QED) is 0.457. The predicted octanol–water partition coefficient (Wildman–Crippen LogP) is 3.06. The number of guanidine groups is 1. The van der Waals surface area contributed by atoms with Crippen molar-refractivity contribution in [2.75, 3.05) is 26.7 Å². The van der Waals surface area contributed by atoms with Crippen LogP contribution >= 0.6 is 0 Å². The number of nitrogens with zero attached hydrogens (tertiary/aromatic N) is 1. The van der Waals surface area contributed by atoms with Gasteiger partial charge < -0.3 is 25.2 Å². The van der Waals surface area contributed by atoms with Gasteiger partial charge in [-0.05, 0) is 56.2 Å². The van der Waals surface area contributed by atoms with Gasteiger partial charge in [-0.15, -0.1) is 0 Å². The first-order valence-electron chi connectivity index (χ1n) is 9.59. The maximum absolute atomic E-state index is 10.4. The van der Waals surface area contributed by atoms with Crippen molar-refractivity contribution in [1.29, 1.82) is 0 Å². The molecule has 3 N–H and O–H groups in total. The average molecular weight is 386 g/mol. The van der Waals surface area contributed by atoms with Gasteiger partial charge >= 0.3 is 0 Å². The van der Waals surface area contributed by atoms with E-state index in [-0.39, 0.29) is 12.6 Å². The monoisotopic (exact) mass is 385 g/mol. The molecule has 152 valence electrons. The molecular formula is C22H31N3O3. The fourth-order valence-corrected chi connectivity index (χ4v) is 2.65. The van der Waals surface area contributed by atoms with Crippen LogP contribution in [0.15, 0.2) is 53.5 Å². The molecule has 0 aliphatic rings. The zero-order valence-electron chi connectivity index (χ0n) is 17.1. The van der Waals surface area contributed by atoms with Crippen molar-refractivity contribution in [3.8, 4) is 11.5 Å². The third-order valence-electron chi connectivity index (χ3n) is 4.15. The number of nitrogens with one attached hydrogen (secondary N) is 2. The Balaban J connectivity index is 1.88. The van der Waals surface area contributed by atoms with Crippen molar-refractivity contribution in [2.45, 2.75) is 33.0 Å². The lowest BCUT2D eigenvalue weighted by atomic mass is 10.1. The van der Waals surface area contributed by atoms with Crippen molar-refractivity contribution >= 4 is 5.96 Å². The molecule has 6 nitrogen and oxygen atoms in total. The molecule has 0 bridgehead atoms. The smallest absolute Gasteiger partial charge is 0.191 e. The molecule has 0 radical (unpaired) electrons. The fraction of sp³-hybridized carbons (Fsp3) is 0.409. The number of rotatable bonds is 9. The summed E-state index contributed by atoms with van der Waals surface area (Å²) in [6.45, 7) is 7.64. The van der Waals surface area contributed by atoms with Crippen molar-refractivity contribution in [3.05, 3.63) is 59.7 Å². The SMILES string of the molecule is CCNC(=NCC(O)c1ccc(OC)cc1)NCC(C)Oc1cccc(C)c1. The van der Waals surface area contributed by atoms with Crippen molar-refractivity contribution in [2.24, 2.45) is 4.99 Å². The second-order valence-corrected chi connectivity index (χ2v) is 6.63. The van der Waals surface area contributed by atoms with Crippen LogP contribution in [-0.4, -0.2) is 43.9 Å². The fourth-order valence-electron chi connectivity index (χ4n) is 2.65. The Labute approximate surface area is 167 Å². The highest BCUT2D eigenvalue weighted by molar-refractivity contribution is 5.79. The molecule has 2 unspecified atom stereocenters. The van der Waals surface area contributed by atoms with Crippen molar-refractivity contribution in [3.63, 3.8) is 0 Å². The molecule has 2 rings (SSSR count). The number of benzene rings is 2. The summed E-state index contributed by atoms with van der Waals surface area (Å²) in [5, 5.41) is 16.8. The second kappa shape index (κ2) is 11.2. The molecule has 0 amide bonds. The minimum Gasteiger partial charge on any atom is -0.497 e. The Hall–Kier alpha value is -2.73. The first-order valence-corrected chi connectivity index (χ1v) is 9.59. The van der Waals surface area contributed by atoms with Crippen LogP contribution in [0.25, 0.3) is 0 Å². The zero-order chi connectivity index (χ0) is 20.4. The highest BCUT2D eigenvalue weighted by Crippen LogP contribution is 2.17. The molecule has 0 heterocycles. The van der Waals surface area contributed by atoms with Gasteiger partial charge in [0.05, 0.1) is 26.3 Å². The van der Waals surface area contributed by atoms with Gasteiger partial charge in [-0.2, -0.15) is 0 Å². The van der Waals surface area contributed by atoms with E-state index in [1.165, 1.54) is 5.56 Å². The normalized spacial score (nSPS) is 13.5. The van der Waals surface area contributed by atoms with Crippen LogP contribution in [0.2, 0.25) is 0 Å². The minimum atomic E-state index is -0.678. The summed E-state index contributed by atoms with van der Waals surface area (Å²) in [5.74, 6) is 2.26. The number of ether oxygens (including phenoxy) is 2. The highest BCUT2D eigenvalue weighted by Gasteiger charge is 2.09. The number of hydrogen-bond acceptors (Lipinski definition) is 4. The van der Waals surface area contributed by atoms with Crippen LogP contribution in [0.1, 0.15) is 31.1 Å². The molecule has 0 aromatic heterocycles. The Morgan fingerprint density at radius 2 is 1.86 bits per heavy atom. The molecule has 0 aliphatic carbocycles. The first kappa shape index (κ1) is 21.6. The predicted molar refractivity (Wildman–Crippen MR) is 113 cm³/mol. The van der Waals surface area contributed by atoms with Gasteiger partial charge in [0.1, 0.15) is 17.6 Å². The van der Waals surface area contributed by atoms with Crippen molar-refractivity contribution in [1.82, 2.24) is 10.6 Å². The van der Waals surface area contributed by atoms with Crippen LogP contribution in [0, 0.1) is 6.92 Å². The van der Waals surface area contributed by atoms with Crippen LogP contribution in [0.5, 0.6) is 11.5 Å². The van der Waals surface area contributed by atoms with E-state index in [1.807, 2.05) is 69.3 Å². The van der Waals surface area contributed by atoms with E-state index < -0.39 is 6.10 Å². The molecule has 0 saturated carbocycles. The van der Waals surface area contributed by atoms with E-state index in [0.29, 0.717) is 12.5 Å². The molecule has 0 fully saturated rings. The van der Waals surface area contributed by atoms with Gasteiger partial charge in [-0.1, -0.05) is 24.3 Å². The van der Waals surface area contributed by atoms with E-state index in [1.54, 1.807) is 7.11 Å². The second-order valence-electron chi connectivity index (χ2n) is 6.63. The molecule has 0 spiro atoms. The third kappa shape index (κ3) is 7.12. The third-order valence-corrected chi connectivity index (χ3v) is 4.15. The van der Waals surface area contributed by atoms with E-state index in [9.17, 15) is 5.11 Å². The van der Waals surface area contributed by atoms with Gasteiger partial charge in [-0.3, -0.25) is 4.99 Å².